The number of benzene rings is 2. The molecule has 3 aromatic rings. The molecule has 0 fully saturated rings. The van der Waals surface area contributed by atoms with Crippen molar-refractivity contribution in [2.75, 3.05) is 18.4 Å². The van der Waals surface area contributed by atoms with E-state index in [0.29, 0.717) is 5.75 Å². The molecule has 1 heterocycles. The first-order valence-corrected chi connectivity index (χ1v) is 10.1. The molecule has 2 aromatic carbocycles. The molecule has 3 N–H and O–H groups in total. The zero-order valence-corrected chi connectivity index (χ0v) is 16.6. The predicted molar refractivity (Wildman–Crippen MR) is 106 cm³/mol. The Morgan fingerprint density at radius 1 is 1.00 bits per heavy atom. The van der Waals surface area contributed by atoms with E-state index in [-0.39, 0.29) is 29.3 Å². The van der Waals surface area contributed by atoms with Gasteiger partial charge in [-0.3, -0.25) is 9.52 Å². The molecule has 0 saturated heterocycles. The Hall–Kier alpha value is -3.80. The maximum atomic E-state index is 12.5. The largest absolute Gasteiger partial charge is 0.493 e. The van der Waals surface area contributed by atoms with Crippen LogP contribution in [0.15, 0.2) is 63.0 Å². The Labute approximate surface area is 170 Å². The van der Waals surface area contributed by atoms with Crippen molar-refractivity contribution in [1.82, 2.24) is 14.8 Å². The van der Waals surface area contributed by atoms with Crippen molar-refractivity contribution in [3.63, 3.8) is 0 Å². The Balaban J connectivity index is 1.68. The third-order valence-electron chi connectivity index (χ3n) is 4.00. The van der Waals surface area contributed by atoms with Gasteiger partial charge in [0.1, 0.15) is 5.75 Å². The molecule has 0 spiro atoms. The summed E-state index contributed by atoms with van der Waals surface area (Å²) in [5.74, 6) is -0.000205. The van der Waals surface area contributed by atoms with Crippen molar-refractivity contribution in [2.24, 2.45) is 0 Å². The Bertz CT molecular complexity index is 1210. The number of esters is 1. The molecule has 0 saturated carbocycles. The van der Waals surface area contributed by atoms with E-state index in [4.69, 9.17) is 4.74 Å². The molecule has 0 aliphatic heterocycles. The zero-order valence-electron chi connectivity index (χ0n) is 15.7. The highest BCUT2D eigenvalue weighted by Crippen LogP contribution is 2.20. The SMILES string of the molecule is COC(=O)CCOc1ccc(S(=O)(=O)Nc2ccc(-n3c(=O)[nH][nH]c3=O)cc2)cc1. The molecule has 0 atom stereocenters. The van der Waals surface area contributed by atoms with Crippen LogP contribution in [0, 0.1) is 0 Å². The summed E-state index contributed by atoms with van der Waals surface area (Å²) in [6.45, 7) is 0.108. The van der Waals surface area contributed by atoms with Gasteiger partial charge >= 0.3 is 17.3 Å². The summed E-state index contributed by atoms with van der Waals surface area (Å²) in [6, 6.07) is 11.4. The van der Waals surface area contributed by atoms with Gasteiger partial charge in [0.2, 0.25) is 0 Å². The average Bonchev–Trinajstić information content (AvgIpc) is 3.07. The predicted octanol–water partition coefficient (Wildman–Crippen LogP) is 0.597. The fraction of sp³-hybridized carbons (Fsp3) is 0.167. The van der Waals surface area contributed by atoms with E-state index < -0.39 is 27.4 Å². The van der Waals surface area contributed by atoms with Crippen LogP contribution in [0.2, 0.25) is 0 Å². The molecular formula is C18H18N4O7S. The maximum Gasteiger partial charge on any atom is 0.348 e. The molecule has 0 aliphatic carbocycles. The summed E-state index contributed by atoms with van der Waals surface area (Å²) >= 11 is 0. The minimum Gasteiger partial charge on any atom is -0.493 e. The number of methoxy groups -OCH3 is 1. The van der Waals surface area contributed by atoms with Gasteiger partial charge in [0.25, 0.3) is 10.0 Å². The summed E-state index contributed by atoms with van der Waals surface area (Å²) in [6.07, 6.45) is 0.0782. The Morgan fingerprint density at radius 3 is 2.17 bits per heavy atom. The molecule has 1 aromatic heterocycles. The number of nitrogens with one attached hydrogen (secondary N) is 3. The number of rotatable bonds is 8. The van der Waals surface area contributed by atoms with Gasteiger partial charge in [0.15, 0.2) is 0 Å². The fourth-order valence-electron chi connectivity index (χ4n) is 2.51. The molecule has 0 unspecified atom stereocenters. The molecule has 0 radical (unpaired) electrons. The lowest BCUT2D eigenvalue weighted by atomic mass is 10.3. The van der Waals surface area contributed by atoms with Crippen molar-refractivity contribution in [3.8, 4) is 11.4 Å². The smallest absolute Gasteiger partial charge is 0.348 e. The number of carbonyl (C=O) groups excluding carboxylic acids is 1. The lowest BCUT2D eigenvalue weighted by Gasteiger charge is -2.10. The van der Waals surface area contributed by atoms with E-state index in [0.717, 1.165) is 4.57 Å². The molecule has 0 bridgehead atoms. The third-order valence-corrected chi connectivity index (χ3v) is 5.39. The molecule has 11 nitrogen and oxygen atoms in total. The highest BCUT2D eigenvalue weighted by molar-refractivity contribution is 7.92. The van der Waals surface area contributed by atoms with Crippen LogP contribution >= 0.6 is 0 Å². The van der Waals surface area contributed by atoms with E-state index in [1.165, 1.54) is 55.6 Å². The molecule has 158 valence electrons. The van der Waals surface area contributed by atoms with Crippen LogP contribution in [-0.2, 0) is 19.6 Å². The van der Waals surface area contributed by atoms with Crippen molar-refractivity contribution in [2.45, 2.75) is 11.3 Å². The van der Waals surface area contributed by atoms with Crippen LogP contribution in [0.1, 0.15) is 6.42 Å². The average molecular weight is 434 g/mol. The molecule has 0 aliphatic rings. The van der Waals surface area contributed by atoms with Crippen LogP contribution in [-0.4, -0.2) is 42.9 Å². The van der Waals surface area contributed by atoms with Crippen molar-refractivity contribution in [1.29, 1.82) is 0 Å². The van der Waals surface area contributed by atoms with Gasteiger partial charge < -0.3 is 9.47 Å². The monoisotopic (exact) mass is 434 g/mol. The number of H-pyrrole nitrogens is 2. The number of hydrogen-bond acceptors (Lipinski definition) is 7. The number of hydrogen-bond donors (Lipinski definition) is 3. The van der Waals surface area contributed by atoms with E-state index in [9.17, 15) is 22.8 Å². The van der Waals surface area contributed by atoms with Gasteiger partial charge in [-0.2, -0.15) is 0 Å². The summed E-state index contributed by atoms with van der Waals surface area (Å²) in [7, 11) is -2.59. The van der Waals surface area contributed by atoms with Gasteiger partial charge in [-0.05, 0) is 48.5 Å². The second-order valence-corrected chi connectivity index (χ2v) is 7.68. The van der Waals surface area contributed by atoms with Gasteiger partial charge in [0, 0.05) is 5.69 Å². The number of aromatic nitrogens is 3. The second kappa shape index (κ2) is 8.69. The second-order valence-electron chi connectivity index (χ2n) is 5.99. The first kappa shape index (κ1) is 20.9. The van der Waals surface area contributed by atoms with Crippen molar-refractivity contribution >= 4 is 21.7 Å². The molecule has 30 heavy (non-hydrogen) atoms. The van der Waals surface area contributed by atoms with Crippen LogP contribution in [0.25, 0.3) is 5.69 Å². The maximum absolute atomic E-state index is 12.5. The highest BCUT2D eigenvalue weighted by atomic mass is 32.2. The third kappa shape index (κ3) is 4.78. The van der Waals surface area contributed by atoms with Crippen LogP contribution < -0.4 is 20.8 Å². The topological polar surface area (TPSA) is 152 Å². The molecule has 12 heteroatoms. The van der Waals surface area contributed by atoms with Gasteiger partial charge in [-0.1, -0.05) is 0 Å². The first-order chi connectivity index (χ1) is 14.3. The number of carbonyl (C=O) groups is 1. The number of aromatic amines is 2. The number of anilines is 1. The summed E-state index contributed by atoms with van der Waals surface area (Å²) < 4.78 is 38.2. The molecular weight excluding hydrogens is 416 g/mol. The minimum atomic E-state index is -3.87. The van der Waals surface area contributed by atoms with Gasteiger partial charge in [-0.25, -0.2) is 32.8 Å². The van der Waals surface area contributed by atoms with E-state index in [1.54, 1.807) is 0 Å². The van der Waals surface area contributed by atoms with Crippen molar-refractivity contribution in [3.05, 3.63) is 69.5 Å². The van der Waals surface area contributed by atoms with Crippen LogP contribution in [0.5, 0.6) is 5.75 Å². The van der Waals surface area contributed by atoms with E-state index >= 15 is 0 Å². The van der Waals surface area contributed by atoms with Gasteiger partial charge in [0.05, 0.1) is 30.7 Å². The molecule has 3 rings (SSSR count). The summed E-state index contributed by atoms with van der Waals surface area (Å²) in [4.78, 5) is 34.3. The summed E-state index contributed by atoms with van der Waals surface area (Å²) in [5, 5.41) is 4.32. The first-order valence-electron chi connectivity index (χ1n) is 8.63. The van der Waals surface area contributed by atoms with E-state index in [2.05, 4.69) is 19.7 Å². The lowest BCUT2D eigenvalue weighted by Crippen LogP contribution is -2.24. The summed E-state index contributed by atoms with van der Waals surface area (Å²) in [5.41, 5.74) is -0.750. The number of ether oxygens (including phenoxy) is 2. The quantitative estimate of drug-likeness (QED) is 0.439. The normalized spacial score (nSPS) is 11.1. The highest BCUT2D eigenvalue weighted by Gasteiger charge is 2.15. The zero-order chi connectivity index (χ0) is 21.7. The Kier molecular flexibility index (Phi) is 6.06. The standard InChI is InChI=1S/C18H18N4O7S/c1-28-16(23)10-11-29-14-6-8-15(9-7-14)30(26,27)21-12-2-4-13(5-3-12)22-17(24)19-20-18(22)25/h2-9,21H,10-11H2,1H3,(H,19,24)(H,20,25). The lowest BCUT2D eigenvalue weighted by molar-refractivity contribution is -0.141. The number of sulfonamides is 1. The van der Waals surface area contributed by atoms with Crippen LogP contribution in [0.3, 0.4) is 0 Å². The minimum absolute atomic E-state index is 0.00481. The molecule has 0 amide bonds. The Morgan fingerprint density at radius 2 is 1.60 bits per heavy atom. The van der Waals surface area contributed by atoms with E-state index in [1.807, 2.05) is 0 Å². The van der Waals surface area contributed by atoms with Crippen LogP contribution in [0.4, 0.5) is 5.69 Å². The van der Waals surface area contributed by atoms with Gasteiger partial charge in [-0.15, -0.1) is 0 Å². The van der Waals surface area contributed by atoms with Crippen molar-refractivity contribution < 1.29 is 22.7 Å². The number of nitrogens with zero attached hydrogens (tertiary/aromatic N) is 1. The fourth-order valence-corrected chi connectivity index (χ4v) is 3.57.